The molecular weight excluding hydrogens is 250 g/mol. The van der Waals surface area contributed by atoms with Crippen molar-refractivity contribution in [2.75, 3.05) is 13.1 Å². The van der Waals surface area contributed by atoms with Crippen LogP contribution in [-0.2, 0) is 6.54 Å². The number of halogens is 1. The molecule has 3 rings (SSSR count). The Morgan fingerprint density at radius 1 is 1.56 bits per heavy atom. The van der Waals surface area contributed by atoms with Crippen LogP contribution < -0.4 is 5.32 Å². The molecule has 2 N–H and O–H groups in total. The van der Waals surface area contributed by atoms with E-state index in [2.05, 4.69) is 21.3 Å². The normalized spacial score (nSPS) is 27.0. The van der Waals surface area contributed by atoms with Gasteiger partial charge in [-0.15, -0.1) is 0 Å². The van der Waals surface area contributed by atoms with Crippen molar-refractivity contribution in [2.45, 2.75) is 24.6 Å². The highest BCUT2D eigenvalue weighted by molar-refractivity contribution is 6.20. The van der Waals surface area contributed by atoms with Crippen molar-refractivity contribution in [1.29, 1.82) is 0 Å². The summed E-state index contributed by atoms with van der Waals surface area (Å²) in [6, 6.07) is 2.12. The van der Waals surface area contributed by atoms with E-state index < -0.39 is 0 Å². The summed E-state index contributed by atoms with van der Waals surface area (Å²) in [6.45, 7) is 2.55. The van der Waals surface area contributed by atoms with Crippen LogP contribution in [0.4, 0.5) is 0 Å². The van der Waals surface area contributed by atoms with E-state index in [0.717, 1.165) is 37.3 Å². The second-order valence-corrected chi connectivity index (χ2v) is 5.29. The fourth-order valence-corrected chi connectivity index (χ4v) is 2.74. The van der Waals surface area contributed by atoms with Gasteiger partial charge in [0.15, 0.2) is 0 Å². The van der Waals surface area contributed by atoms with Crippen molar-refractivity contribution in [3.8, 4) is 0 Å². The minimum atomic E-state index is -0.243. The fraction of sp³-hybridized carbons (Fsp3) is 0.462. The highest BCUT2D eigenvalue weighted by Crippen LogP contribution is 2.25. The summed E-state index contributed by atoms with van der Waals surface area (Å²) in [5.74, 6) is 0. The van der Waals surface area contributed by atoms with Crippen molar-refractivity contribution in [1.82, 2.24) is 15.2 Å². The first-order valence-electron chi connectivity index (χ1n) is 6.18. The maximum atomic E-state index is 9.51. The third kappa shape index (κ3) is 2.36. The van der Waals surface area contributed by atoms with Crippen molar-refractivity contribution in [3.05, 3.63) is 35.3 Å². The average molecular weight is 266 g/mol. The molecule has 0 aliphatic carbocycles. The summed E-state index contributed by atoms with van der Waals surface area (Å²) in [5, 5.41) is 12.5. The Labute approximate surface area is 111 Å². The van der Waals surface area contributed by atoms with Crippen LogP contribution in [0.15, 0.2) is 18.5 Å². The molecule has 1 saturated heterocycles. The topological polar surface area (TPSA) is 48.4 Å². The number of aliphatic hydroxyl groups is 1. The van der Waals surface area contributed by atoms with Gasteiger partial charge >= 0.3 is 0 Å². The molecule has 2 aliphatic heterocycles. The maximum Gasteiger partial charge on any atom is 0.144 e. The largest absolute Gasteiger partial charge is 0.392 e. The van der Waals surface area contributed by atoms with Gasteiger partial charge in [-0.05, 0) is 30.3 Å². The average Bonchev–Trinajstić information content (AvgIpc) is 2.75. The molecular formula is C13H16ClN3O. The van der Waals surface area contributed by atoms with Gasteiger partial charge in [0, 0.05) is 31.4 Å². The molecule has 96 valence electrons. The number of pyridine rings is 1. The summed E-state index contributed by atoms with van der Waals surface area (Å²) in [7, 11) is 0. The molecule has 3 heterocycles. The highest BCUT2D eigenvalue weighted by atomic mass is 35.5. The van der Waals surface area contributed by atoms with E-state index in [1.54, 1.807) is 0 Å². The van der Waals surface area contributed by atoms with E-state index in [1.165, 1.54) is 5.56 Å². The number of alkyl halides is 1. The fourth-order valence-electron chi connectivity index (χ4n) is 2.48. The number of likely N-dealkylation sites (tertiary alicyclic amines) is 1. The molecule has 4 nitrogen and oxygen atoms in total. The number of aromatic nitrogens is 1. The number of hydrogen-bond acceptors (Lipinski definition) is 4. The van der Waals surface area contributed by atoms with Crippen LogP contribution in [0.3, 0.4) is 0 Å². The minimum absolute atomic E-state index is 0.174. The van der Waals surface area contributed by atoms with Gasteiger partial charge in [-0.25, -0.2) is 0 Å². The van der Waals surface area contributed by atoms with Gasteiger partial charge in [0.1, 0.15) is 5.50 Å². The number of aliphatic hydroxyl groups excluding tert-OH is 1. The van der Waals surface area contributed by atoms with E-state index in [-0.39, 0.29) is 11.6 Å². The van der Waals surface area contributed by atoms with Crippen LogP contribution in [0.2, 0.25) is 0 Å². The van der Waals surface area contributed by atoms with Gasteiger partial charge in [0.25, 0.3) is 0 Å². The predicted molar refractivity (Wildman–Crippen MR) is 70.9 cm³/mol. The number of rotatable bonds is 2. The minimum Gasteiger partial charge on any atom is -0.392 e. The second-order valence-electron chi connectivity index (χ2n) is 4.86. The molecule has 0 spiro atoms. The van der Waals surface area contributed by atoms with E-state index in [0.29, 0.717) is 0 Å². The number of fused-ring (bicyclic) bond motifs is 1. The van der Waals surface area contributed by atoms with E-state index >= 15 is 0 Å². The van der Waals surface area contributed by atoms with Crippen LogP contribution in [-0.4, -0.2) is 34.2 Å². The molecule has 0 bridgehead atoms. The molecule has 2 atom stereocenters. The Bertz CT molecular complexity index is 477. The Balaban J connectivity index is 1.76. The highest BCUT2D eigenvalue weighted by Gasteiger charge is 2.21. The van der Waals surface area contributed by atoms with Crippen molar-refractivity contribution >= 4 is 17.7 Å². The van der Waals surface area contributed by atoms with Crippen LogP contribution in [0.5, 0.6) is 0 Å². The standard InChI is InChI=1S/C13H16ClN3O/c14-13-12-10(1-3-15-13)5-9(6-16-12)7-17-4-2-11(18)8-17/h1,3,5-6,11,13,15,18H,2,4,7-8H2/t11-,13?/m1/s1. The van der Waals surface area contributed by atoms with E-state index in [9.17, 15) is 5.11 Å². The van der Waals surface area contributed by atoms with Gasteiger partial charge in [0.05, 0.1) is 11.8 Å². The molecule has 2 aliphatic rings. The second kappa shape index (κ2) is 4.88. The van der Waals surface area contributed by atoms with Crippen LogP contribution in [0.1, 0.15) is 28.7 Å². The first kappa shape index (κ1) is 12.0. The monoisotopic (exact) mass is 265 g/mol. The summed E-state index contributed by atoms with van der Waals surface area (Å²) in [5.41, 5.74) is 2.88. The molecule has 1 fully saturated rings. The zero-order chi connectivity index (χ0) is 12.5. The molecule has 0 saturated carbocycles. The Morgan fingerprint density at radius 3 is 3.22 bits per heavy atom. The van der Waals surface area contributed by atoms with Crippen molar-refractivity contribution < 1.29 is 5.11 Å². The van der Waals surface area contributed by atoms with Gasteiger partial charge in [-0.2, -0.15) is 0 Å². The molecule has 0 aromatic carbocycles. The number of hydrogen-bond donors (Lipinski definition) is 2. The van der Waals surface area contributed by atoms with E-state index in [1.807, 2.05) is 18.5 Å². The van der Waals surface area contributed by atoms with Gasteiger partial charge in [0.2, 0.25) is 0 Å². The molecule has 1 aromatic heterocycles. The van der Waals surface area contributed by atoms with Gasteiger partial charge in [-0.1, -0.05) is 11.6 Å². The summed E-state index contributed by atoms with van der Waals surface area (Å²) < 4.78 is 0. The predicted octanol–water partition coefficient (Wildman–Crippen LogP) is 1.46. The lowest BCUT2D eigenvalue weighted by molar-refractivity contribution is 0.174. The maximum absolute atomic E-state index is 9.51. The molecule has 1 unspecified atom stereocenters. The lowest BCUT2D eigenvalue weighted by Crippen LogP contribution is -2.22. The molecule has 18 heavy (non-hydrogen) atoms. The third-order valence-corrected chi connectivity index (χ3v) is 3.74. The van der Waals surface area contributed by atoms with Gasteiger partial charge in [-0.3, -0.25) is 9.88 Å². The van der Waals surface area contributed by atoms with Crippen LogP contribution in [0, 0.1) is 0 Å². The third-order valence-electron chi connectivity index (χ3n) is 3.41. The lowest BCUT2D eigenvalue weighted by Gasteiger charge is -2.19. The molecule has 0 radical (unpaired) electrons. The molecule has 0 amide bonds. The summed E-state index contributed by atoms with van der Waals surface area (Å²) >= 11 is 6.12. The number of nitrogens with one attached hydrogen (secondary N) is 1. The Kier molecular flexibility index (Phi) is 3.24. The zero-order valence-corrected chi connectivity index (χ0v) is 10.8. The van der Waals surface area contributed by atoms with Crippen LogP contribution in [0.25, 0.3) is 6.08 Å². The number of β-amino-alcohol motifs (C(OH)–C–C–N with tert-alkyl or cyclic N) is 1. The van der Waals surface area contributed by atoms with Crippen LogP contribution >= 0.6 is 11.6 Å². The SMILES string of the molecule is O[C@@H]1CCN(Cc2cnc3c(c2)C=CNC3Cl)C1. The van der Waals surface area contributed by atoms with Crippen molar-refractivity contribution in [3.63, 3.8) is 0 Å². The Morgan fingerprint density at radius 2 is 2.44 bits per heavy atom. The zero-order valence-electron chi connectivity index (χ0n) is 10.0. The number of nitrogens with zero attached hydrogens (tertiary/aromatic N) is 2. The molecule has 1 aromatic rings. The summed E-state index contributed by atoms with van der Waals surface area (Å²) in [4.78, 5) is 6.67. The summed E-state index contributed by atoms with van der Waals surface area (Å²) in [6.07, 6.45) is 6.41. The van der Waals surface area contributed by atoms with E-state index in [4.69, 9.17) is 11.6 Å². The van der Waals surface area contributed by atoms with Gasteiger partial charge < -0.3 is 10.4 Å². The van der Waals surface area contributed by atoms with Crippen molar-refractivity contribution in [2.24, 2.45) is 0 Å². The first-order valence-corrected chi connectivity index (χ1v) is 6.62. The smallest absolute Gasteiger partial charge is 0.144 e. The first-order chi connectivity index (χ1) is 8.72. The quantitative estimate of drug-likeness (QED) is 0.628. The lowest BCUT2D eigenvalue weighted by atomic mass is 10.1. The Hall–Kier alpha value is -1.10. The molecule has 5 heteroatoms.